The van der Waals surface area contributed by atoms with Crippen molar-refractivity contribution in [2.75, 3.05) is 20.5 Å². The van der Waals surface area contributed by atoms with Crippen molar-refractivity contribution in [2.45, 2.75) is 12.1 Å². The lowest BCUT2D eigenvalue weighted by atomic mass is 9.99. The van der Waals surface area contributed by atoms with Gasteiger partial charge < -0.3 is 18.9 Å². The molecule has 0 amide bonds. The predicted octanol–water partition coefficient (Wildman–Crippen LogP) is 1.78. The number of rotatable bonds is 4. The first-order valence-corrected chi connectivity index (χ1v) is 6.02. The Bertz CT molecular complexity index is 584. The maximum Gasteiger partial charge on any atom is 0.422 e. The second kappa shape index (κ2) is 6.12. The van der Waals surface area contributed by atoms with Crippen molar-refractivity contribution in [1.82, 2.24) is 0 Å². The van der Waals surface area contributed by atoms with Gasteiger partial charge >= 0.3 is 18.1 Å². The van der Waals surface area contributed by atoms with Crippen LogP contribution in [0.5, 0.6) is 11.5 Å². The lowest BCUT2D eigenvalue weighted by Gasteiger charge is -2.15. The van der Waals surface area contributed by atoms with Crippen LogP contribution < -0.4 is 9.47 Å². The smallest absolute Gasteiger partial charge is 0.422 e. The first-order valence-electron chi connectivity index (χ1n) is 6.02. The number of carbonyl (C=O) groups excluding carboxylic acids is 2. The minimum Gasteiger partial charge on any atom is -0.468 e. The largest absolute Gasteiger partial charge is 0.468 e. The number of hydrogen-bond donors (Lipinski definition) is 0. The summed E-state index contributed by atoms with van der Waals surface area (Å²) < 4.78 is 55.1. The van der Waals surface area contributed by atoms with E-state index in [1.165, 1.54) is 18.2 Å². The molecule has 120 valence electrons. The maximum atomic E-state index is 12.1. The van der Waals surface area contributed by atoms with Gasteiger partial charge in [0.2, 0.25) is 6.79 Å². The highest BCUT2D eigenvalue weighted by Crippen LogP contribution is 2.35. The van der Waals surface area contributed by atoms with Crippen LogP contribution in [-0.2, 0) is 19.1 Å². The van der Waals surface area contributed by atoms with Crippen molar-refractivity contribution < 1.29 is 41.7 Å². The van der Waals surface area contributed by atoms with E-state index in [1.807, 2.05) is 0 Å². The van der Waals surface area contributed by atoms with E-state index in [4.69, 9.17) is 9.47 Å². The third-order valence-electron chi connectivity index (χ3n) is 2.78. The molecule has 0 fully saturated rings. The molecule has 0 bridgehead atoms. The molecule has 0 N–H and O–H groups in total. The van der Waals surface area contributed by atoms with Crippen LogP contribution in [-0.4, -0.2) is 38.6 Å². The summed E-state index contributed by atoms with van der Waals surface area (Å²) >= 11 is 0. The molecule has 0 aromatic heterocycles. The predicted molar refractivity (Wildman–Crippen MR) is 64.3 cm³/mol. The number of halogens is 3. The molecule has 1 unspecified atom stereocenters. The number of hydrogen-bond acceptors (Lipinski definition) is 6. The lowest BCUT2D eigenvalue weighted by Crippen LogP contribution is -2.29. The minimum absolute atomic E-state index is 0.0276. The second-order valence-electron chi connectivity index (χ2n) is 4.29. The Morgan fingerprint density at radius 1 is 1.23 bits per heavy atom. The molecule has 0 saturated carbocycles. The molecule has 1 atom stereocenters. The molecular weight excluding hydrogens is 309 g/mol. The van der Waals surface area contributed by atoms with Crippen molar-refractivity contribution in [3.8, 4) is 11.5 Å². The van der Waals surface area contributed by atoms with E-state index < -0.39 is 30.6 Å². The van der Waals surface area contributed by atoms with Gasteiger partial charge in [-0.05, 0) is 17.7 Å². The van der Waals surface area contributed by atoms with Gasteiger partial charge in [-0.2, -0.15) is 13.2 Å². The maximum absolute atomic E-state index is 12.1. The number of carbonyl (C=O) groups is 2. The number of esters is 2. The van der Waals surface area contributed by atoms with Gasteiger partial charge in [-0.15, -0.1) is 0 Å². The lowest BCUT2D eigenvalue weighted by molar-refractivity contribution is -0.189. The van der Waals surface area contributed by atoms with Crippen molar-refractivity contribution in [1.29, 1.82) is 0 Å². The van der Waals surface area contributed by atoms with Crippen LogP contribution in [0.15, 0.2) is 18.2 Å². The van der Waals surface area contributed by atoms with E-state index >= 15 is 0 Å². The Labute approximate surface area is 122 Å². The van der Waals surface area contributed by atoms with Crippen LogP contribution in [0.3, 0.4) is 0 Å². The van der Waals surface area contributed by atoms with E-state index in [-0.39, 0.29) is 18.1 Å². The van der Waals surface area contributed by atoms with Crippen molar-refractivity contribution in [2.24, 2.45) is 0 Å². The topological polar surface area (TPSA) is 71.1 Å². The number of ether oxygens (including phenoxy) is 4. The fourth-order valence-electron chi connectivity index (χ4n) is 1.82. The molecule has 2 rings (SSSR count). The zero-order valence-corrected chi connectivity index (χ0v) is 11.3. The van der Waals surface area contributed by atoms with Gasteiger partial charge in [0, 0.05) is 0 Å². The standard InChI is InChI=1S/C13H11F3O6/c1-19-11(17)10(12(18)20-5-13(14,15)16)7-2-3-8-9(4-7)22-6-21-8/h2-4,10H,5-6H2,1H3. The molecule has 0 aliphatic carbocycles. The minimum atomic E-state index is -4.69. The van der Waals surface area contributed by atoms with Crippen LogP contribution in [0, 0.1) is 0 Å². The number of fused-ring (bicyclic) bond motifs is 1. The summed E-state index contributed by atoms with van der Waals surface area (Å²) in [5, 5.41) is 0. The summed E-state index contributed by atoms with van der Waals surface area (Å²) in [6, 6.07) is 4.10. The Morgan fingerprint density at radius 2 is 1.91 bits per heavy atom. The fourth-order valence-corrected chi connectivity index (χ4v) is 1.82. The molecule has 1 aromatic rings. The summed E-state index contributed by atoms with van der Waals surface area (Å²) in [5.74, 6) is -3.36. The molecule has 1 heterocycles. The molecule has 0 spiro atoms. The highest BCUT2D eigenvalue weighted by atomic mass is 19.4. The van der Waals surface area contributed by atoms with Crippen LogP contribution in [0.1, 0.15) is 11.5 Å². The molecule has 0 radical (unpaired) electrons. The molecule has 9 heteroatoms. The van der Waals surface area contributed by atoms with Gasteiger partial charge in [0.1, 0.15) is 0 Å². The summed E-state index contributed by atoms with van der Waals surface area (Å²) in [6.07, 6.45) is -4.69. The summed E-state index contributed by atoms with van der Waals surface area (Å²) in [7, 11) is 1.01. The number of benzene rings is 1. The first kappa shape index (κ1) is 15.9. The van der Waals surface area contributed by atoms with E-state index in [0.717, 1.165) is 7.11 Å². The van der Waals surface area contributed by atoms with E-state index in [1.54, 1.807) is 0 Å². The average Bonchev–Trinajstić information content (AvgIpc) is 2.92. The quantitative estimate of drug-likeness (QED) is 0.622. The fraction of sp³-hybridized carbons (Fsp3) is 0.385. The van der Waals surface area contributed by atoms with Gasteiger partial charge in [0.05, 0.1) is 7.11 Å². The summed E-state index contributed by atoms with van der Waals surface area (Å²) in [5.41, 5.74) is 0.0864. The first-order chi connectivity index (χ1) is 10.3. The molecule has 1 aromatic carbocycles. The molecule has 0 saturated heterocycles. The highest BCUT2D eigenvalue weighted by Gasteiger charge is 2.36. The van der Waals surface area contributed by atoms with Crippen LogP contribution >= 0.6 is 0 Å². The third-order valence-corrected chi connectivity index (χ3v) is 2.78. The van der Waals surface area contributed by atoms with Crippen molar-refractivity contribution >= 4 is 11.9 Å². The summed E-state index contributed by atoms with van der Waals surface area (Å²) in [4.78, 5) is 23.5. The Morgan fingerprint density at radius 3 is 2.55 bits per heavy atom. The van der Waals surface area contributed by atoms with Crippen LogP contribution in [0.2, 0.25) is 0 Å². The zero-order valence-electron chi connectivity index (χ0n) is 11.3. The highest BCUT2D eigenvalue weighted by molar-refractivity contribution is 6.00. The third kappa shape index (κ3) is 3.60. The Kier molecular flexibility index (Phi) is 4.43. The van der Waals surface area contributed by atoms with Gasteiger partial charge in [-0.25, -0.2) is 0 Å². The average molecular weight is 320 g/mol. The van der Waals surface area contributed by atoms with Gasteiger partial charge in [-0.1, -0.05) is 6.07 Å². The van der Waals surface area contributed by atoms with E-state index in [2.05, 4.69) is 9.47 Å². The molecular formula is C13H11F3O6. The zero-order chi connectivity index (χ0) is 16.3. The monoisotopic (exact) mass is 320 g/mol. The van der Waals surface area contributed by atoms with E-state index in [9.17, 15) is 22.8 Å². The van der Waals surface area contributed by atoms with E-state index in [0.29, 0.717) is 5.75 Å². The van der Waals surface area contributed by atoms with Crippen LogP contribution in [0.4, 0.5) is 13.2 Å². The van der Waals surface area contributed by atoms with Crippen molar-refractivity contribution in [3.63, 3.8) is 0 Å². The van der Waals surface area contributed by atoms with Gasteiger partial charge in [0.15, 0.2) is 24.0 Å². The van der Waals surface area contributed by atoms with Gasteiger partial charge in [-0.3, -0.25) is 9.59 Å². The Balaban J connectivity index is 2.23. The molecule has 6 nitrogen and oxygen atoms in total. The number of methoxy groups -OCH3 is 1. The SMILES string of the molecule is COC(=O)C(C(=O)OCC(F)(F)F)c1ccc2c(c1)OCO2. The molecule has 22 heavy (non-hydrogen) atoms. The Hall–Kier alpha value is -2.45. The normalized spacial score (nSPS) is 14.4. The van der Waals surface area contributed by atoms with Gasteiger partial charge in [0.25, 0.3) is 0 Å². The van der Waals surface area contributed by atoms with Crippen molar-refractivity contribution in [3.05, 3.63) is 23.8 Å². The number of alkyl halides is 3. The summed E-state index contributed by atoms with van der Waals surface area (Å²) in [6.45, 7) is -1.82. The van der Waals surface area contributed by atoms with Crippen LogP contribution in [0.25, 0.3) is 0 Å². The second-order valence-corrected chi connectivity index (χ2v) is 4.29. The molecule has 1 aliphatic rings. The molecule has 1 aliphatic heterocycles.